The van der Waals surface area contributed by atoms with Crippen LogP contribution >= 0.6 is 0 Å². The fourth-order valence-corrected chi connectivity index (χ4v) is 2.70. The van der Waals surface area contributed by atoms with Crippen molar-refractivity contribution in [2.24, 2.45) is 0 Å². The monoisotopic (exact) mass is 246 g/mol. The zero-order valence-electron chi connectivity index (χ0n) is 11.9. The molecule has 1 unspecified atom stereocenters. The van der Waals surface area contributed by atoms with E-state index in [2.05, 4.69) is 55.4 Å². The molecule has 1 atom stereocenters. The standard InChI is InChI=1S/C16H26N2/c1-13(2)14-6-8-15(9-7-14)16(17-3)12-18-10-4-5-11-18/h6-9,13,16-17H,4-5,10-12H2,1-3H3. The first-order valence-corrected chi connectivity index (χ1v) is 7.20. The highest BCUT2D eigenvalue weighted by Gasteiger charge is 2.17. The predicted octanol–water partition coefficient (Wildman–Crippen LogP) is 3.17. The molecule has 0 bridgehead atoms. The van der Waals surface area contributed by atoms with Gasteiger partial charge in [-0.15, -0.1) is 0 Å². The summed E-state index contributed by atoms with van der Waals surface area (Å²) in [4.78, 5) is 2.57. The molecule has 0 radical (unpaired) electrons. The number of hydrogen-bond acceptors (Lipinski definition) is 2. The number of rotatable bonds is 5. The highest BCUT2D eigenvalue weighted by Crippen LogP contribution is 2.20. The van der Waals surface area contributed by atoms with Crippen molar-refractivity contribution in [1.29, 1.82) is 0 Å². The van der Waals surface area contributed by atoms with E-state index in [1.807, 2.05) is 0 Å². The topological polar surface area (TPSA) is 15.3 Å². The van der Waals surface area contributed by atoms with Gasteiger partial charge < -0.3 is 10.2 Å². The lowest BCUT2D eigenvalue weighted by molar-refractivity contribution is 0.299. The highest BCUT2D eigenvalue weighted by molar-refractivity contribution is 5.27. The van der Waals surface area contributed by atoms with Gasteiger partial charge >= 0.3 is 0 Å². The Balaban J connectivity index is 2.02. The Kier molecular flexibility index (Phi) is 4.79. The molecule has 18 heavy (non-hydrogen) atoms. The second-order valence-corrected chi connectivity index (χ2v) is 5.67. The molecule has 0 spiro atoms. The fourth-order valence-electron chi connectivity index (χ4n) is 2.70. The minimum absolute atomic E-state index is 0.462. The SMILES string of the molecule is CNC(CN1CCCC1)c1ccc(C(C)C)cc1. The molecule has 2 rings (SSSR count). The molecule has 1 aromatic carbocycles. The van der Waals surface area contributed by atoms with Crippen LogP contribution < -0.4 is 5.32 Å². The van der Waals surface area contributed by atoms with Gasteiger partial charge in [0.1, 0.15) is 0 Å². The summed E-state index contributed by atoms with van der Waals surface area (Å²) in [6, 6.07) is 9.58. The molecule has 0 aliphatic carbocycles. The van der Waals surface area contributed by atoms with Gasteiger partial charge in [0, 0.05) is 12.6 Å². The normalized spacial score (nSPS) is 18.4. The second-order valence-electron chi connectivity index (χ2n) is 5.67. The quantitative estimate of drug-likeness (QED) is 0.858. The lowest BCUT2D eigenvalue weighted by atomic mass is 9.99. The maximum Gasteiger partial charge on any atom is 0.0446 e. The van der Waals surface area contributed by atoms with Crippen LogP contribution in [-0.2, 0) is 0 Å². The maximum absolute atomic E-state index is 3.45. The lowest BCUT2D eigenvalue weighted by Gasteiger charge is -2.23. The molecule has 100 valence electrons. The summed E-state index contributed by atoms with van der Waals surface area (Å²) in [5.74, 6) is 0.616. The van der Waals surface area contributed by atoms with Gasteiger partial charge in [-0.1, -0.05) is 38.1 Å². The Labute approximate surface area is 111 Å². The van der Waals surface area contributed by atoms with Gasteiger partial charge in [-0.05, 0) is 50.0 Å². The lowest BCUT2D eigenvalue weighted by Crippen LogP contribution is -2.31. The van der Waals surface area contributed by atoms with E-state index in [0.29, 0.717) is 12.0 Å². The minimum Gasteiger partial charge on any atom is -0.312 e. The molecule has 2 nitrogen and oxygen atoms in total. The number of hydrogen-bond donors (Lipinski definition) is 1. The highest BCUT2D eigenvalue weighted by atomic mass is 15.2. The Morgan fingerprint density at radius 2 is 1.61 bits per heavy atom. The van der Waals surface area contributed by atoms with Crippen LogP contribution in [0.25, 0.3) is 0 Å². The predicted molar refractivity (Wildman–Crippen MR) is 78.0 cm³/mol. The van der Waals surface area contributed by atoms with Gasteiger partial charge in [0.05, 0.1) is 0 Å². The summed E-state index contributed by atoms with van der Waals surface area (Å²) in [6.07, 6.45) is 2.73. The molecule has 1 heterocycles. The molecular formula is C16H26N2. The third-order valence-corrected chi connectivity index (χ3v) is 3.99. The molecule has 2 heteroatoms. The van der Waals surface area contributed by atoms with Crippen molar-refractivity contribution in [3.8, 4) is 0 Å². The Hall–Kier alpha value is -0.860. The van der Waals surface area contributed by atoms with Crippen molar-refractivity contribution < 1.29 is 0 Å². The Morgan fingerprint density at radius 3 is 2.11 bits per heavy atom. The summed E-state index contributed by atoms with van der Waals surface area (Å²) in [7, 11) is 2.07. The first-order chi connectivity index (χ1) is 8.70. The number of likely N-dealkylation sites (tertiary alicyclic amines) is 1. The number of benzene rings is 1. The van der Waals surface area contributed by atoms with Gasteiger partial charge in [0.15, 0.2) is 0 Å². The summed E-state index contributed by atoms with van der Waals surface area (Å²) in [5.41, 5.74) is 2.84. The number of likely N-dealkylation sites (N-methyl/N-ethyl adjacent to an activating group) is 1. The smallest absolute Gasteiger partial charge is 0.0446 e. The van der Waals surface area contributed by atoms with E-state index in [-0.39, 0.29) is 0 Å². The zero-order valence-corrected chi connectivity index (χ0v) is 11.9. The van der Waals surface area contributed by atoms with Crippen LogP contribution in [0, 0.1) is 0 Å². The maximum atomic E-state index is 3.45. The van der Waals surface area contributed by atoms with Crippen LogP contribution in [0.5, 0.6) is 0 Å². The number of nitrogens with zero attached hydrogens (tertiary/aromatic N) is 1. The van der Waals surface area contributed by atoms with E-state index in [0.717, 1.165) is 6.54 Å². The van der Waals surface area contributed by atoms with Crippen LogP contribution in [-0.4, -0.2) is 31.6 Å². The summed E-state index contributed by atoms with van der Waals surface area (Å²) in [5, 5.41) is 3.45. The van der Waals surface area contributed by atoms with Crippen molar-refractivity contribution in [1.82, 2.24) is 10.2 Å². The fraction of sp³-hybridized carbons (Fsp3) is 0.625. The first kappa shape index (κ1) is 13.6. The van der Waals surface area contributed by atoms with Crippen molar-refractivity contribution in [3.63, 3.8) is 0 Å². The van der Waals surface area contributed by atoms with Crippen LogP contribution in [0.4, 0.5) is 0 Å². The van der Waals surface area contributed by atoms with E-state index in [1.165, 1.54) is 37.1 Å². The van der Waals surface area contributed by atoms with E-state index in [1.54, 1.807) is 0 Å². The van der Waals surface area contributed by atoms with Gasteiger partial charge in [-0.2, -0.15) is 0 Å². The van der Waals surface area contributed by atoms with Crippen molar-refractivity contribution in [2.75, 3.05) is 26.7 Å². The summed E-state index contributed by atoms with van der Waals surface area (Å²) in [6.45, 7) is 8.16. The van der Waals surface area contributed by atoms with Crippen molar-refractivity contribution >= 4 is 0 Å². The molecular weight excluding hydrogens is 220 g/mol. The summed E-state index contributed by atoms with van der Waals surface area (Å²) < 4.78 is 0. The van der Waals surface area contributed by atoms with Crippen molar-refractivity contribution in [3.05, 3.63) is 35.4 Å². The van der Waals surface area contributed by atoms with E-state index < -0.39 is 0 Å². The molecule has 0 saturated carbocycles. The largest absolute Gasteiger partial charge is 0.312 e. The zero-order chi connectivity index (χ0) is 13.0. The molecule has 1 fully saturated rings. The van der Waals surface area contributed by atoms with Gasteiger partial charge in [0.2, 0.25) is 0 Å². The average Bonchev–Trinajstić information content (AvgIpc) is 2.89. The molecule has 0 aromatic heterocycles. The Morgan fingerprint density at radius 1 is 1.06 bits per heavy atom. The molecule has 1 aromatic rings. The van der Waals surface area contributed by atoms with Crippen LogP contribution in [0.2, 0.25) is 0 Å². The van der Waals surface area contributed by atoms with E-state index in [9.17, 15) is 0 Å². The molecule has 1 saturated heterocycles. The molecule has 1 N–H and O–H groups in total. The van der Waals surface area contributed by atoms with E-state index in [4.69, 9.17) is 0 Å². The van der Waals surface area contributed by atoms with E-state index >= 15 is 0 Å². The van der Waals surface area contributed by atoms with Crippen LogP contribution in [0.15, 0.2) is 24.3 Å². The van der Waals surface area contributed by atoms with Crippen LogP contribution in [0.3, 0.4) is 0 Å². The Bertz CT molecular complexity index is 350. The molecule has 1 aliphatic heterocycles. The third-order valence-electron chi connectivity index (χ3n) is 3.99. The van der Waals surface area contributed by atoms with Crippen LogP contribution in [0.1, 0.15) is 49.8 Å². The average molecular weight is 246 g/mol. The van der Waals surface area contributed by atoms with Gasteiger partial charge in [-0.3, -0.25) is 0 Å². The first-order valence-electron chi connectivity index (χ1n) is 7.20. The van der Waals surface area contributed by atoms with Gasteiger partial charge in [-0.25, -0.2) is 0 Å². The summed E-state index contributed by atoms with van der Waals surface area (Å²) >= 11 is 0. The minimum atomic E-state index is 0.462. The van der Waals surface area contributed by atoms with Crippen molar-refractivity contribution in [2.45, 2.75) is 38.6 Å². The second kappa shape index (κ2) is 6.35. The number of nitrogens with one attached hydrogen (secondary N) is 1. The third kappa shape index (κ3) is 3.33. The van der Waals surface area contributed by atoms with Gasteiger partial charge in [0.25, 0.3) is 0 Å². The molecule has 0 amide bonds. The molecule has 1 aliphatic rings.